The van der Waals surface area contributed by atoms with E-state index in [-0.39, 0.29) is 0 Å². The number of rotatable bonds is 3. The van der Waals surface area contributed by atoms with E-state index >= 15 is 0 Å². The van der Waals surface area contributed by atoms with Gasteiger partial charge in [-0.25, -0.2) is 0 Å². The highest BCUT2D eigenvalue weighted by Crippen LogP contribution is 2.32. The Bertz CT molecular complexity index is 1590. The standard InChI is InChI=1S/C12H16.C12H10.C10H14.C9H12.C7H8.5C2H6/c2*1-3-7-11(8-4-1)12-9-5-2-6-10-12;1-10(2,3)9-7-5-4-6-8-9;1-8(2)9-6-4-3-5-7-9;1-7-5-3-2-4-6-7;5*1-2/h1,3-4,7-8,12H,2,5-6,9-10H2;1-10H;4-8H,1-3H3;3-8H,1-2H3;2-6H,1H3;5*1-2H3. The van der Waals surface area contributed by atoms with Crippen LogP contribution >= 0.6 is 0 Å². The van der Waals surface area contributed by atoms with Gasteiger partial charge in [0, 0.05) is 0 Å². The molecule has 0 radical (unpaired) electrons. The Hall–Kier alpha value is -4.68. The number of hydrogen-bond acceptors (Lipinski definition) is 0. The smallest absolute Gasteiger partial charge is 0.0132 e. The maximum atomic E-state index is 2.27. The minimum atomic E-state index is 0.293. The predicted octanol–water partition coefficient (Wildman–Crippen LogP) is 20.0. The van der Waals surface area contributed by atoms with Crippen molar-refractivity contribution in [1.82, 2.24) is 0 Å². The number of hydrogen-bond donors (Lipinski definition) is 0. The molecule has 0 amide bonds. The molecule has 0 saturated heterocycles. The van der Waals surface area contributed by atoms with Crippen molar-refractivity contribution in [2.75, 3.05) is 0 Å². The van der Waals surface area contributed by atoms with E-state index in [0.29, 0.717) is 11.3 Å². The van der Waals surface area contributed by atoms with Gasteiger partial charge >= 0.3 is 0 Å². The minimum absolute atomic E-state index is 0.293. The zero-order chi connectivity index (χ0) is 45.9. The summed E-state index contributed by atoms with van der Waals surface area (Å²) in [5.74, 6) is 1.52. The van der Waals surface area contributed by atoms with Gasteiger partial charge in [-0.3, -0.25) is 0 Å². The van der Waals surface area contributed by atoms with Crippen LogP contribution in [0.2, 0.25) is 0 Å². The van der Waals surface area contributed by atoms with Gasteiger partial charge in [-0.05, 0) is 64.8 Å². The largest absolute Gasteiger partial charge is 0.0683 e. The summed E-state index contributed by atoms with van der Waals surface area (Å²) < 4.78 is 0. The maximum Gasteiger partial charge on any atom is -0.0132 e. The molecular weight excluding hydrogens is 721 g/mol. The molecule has 1 fully saturated rings. The normalized spacial score (nSPS) is 10.8. The van der Waals surface area contributed by atoms with Gasteiger partial charge in [0.15, 0.2) is 0 Å². The average molecular weight is 811 g/mol. The topological polar surface area (TPSA) is 0 Å². The van der Waals surface area contributed by atoms with Gasteiger partial charge in [0.25, 0.3) is 0 Å². The first-order valence-electron chi connectivity index (χ1n) is 23.5. The lowest BCUT2D eigenvalue weighted by Crippen LogP contribution is -2.10. The first-order valence-corrected chi connectivity index (χ1v) is 23.5. The Kier molecular flexibility index (Phi) is 42.2. The van der Waals surface area contributed by atoms with Crippen LogP contribution in [0.25, 0.3) is 11.1 Å². The lowest BCUT2D eigenvalue weighted by atomic mass is 9.84. The third-order valence-electron chi connectivity index (χ3n) is 8.80. The van der Waals surface area contributed by atoms with Gasteiger partial charge < -0.3 is 0 Å². The van der Waals surface area contributed by atoms with Crippen LogP contribution in [-0.2, 0) is 5.41 Å². The van der Waals surface area contributed by atoms with E-state index in [9.17, 15) is 0 Å². The quantitative estimate of drug-likeness (QED) is 0.167. The molecule has 0 nitrogen and oxygen atoms in total. The van der Waals surface area contributed by atoms with E-state index in [2.05, 4.69) is 187 Å². The van der Waals surface area contributed by atoms with Gasteiger partial charge in [-0.2, -0.15) is 0 Å². The van der Waals surface area contributed by atoms with E-state index in [4.69, 9.17) is 0 Å². The fourth-order valence-corrected chi connectivity index (χ4v) is 5.73. The van der Waals surface area contributed by atoms with Crippen molar-refractivity contribution in [2.24, 2.45) is 0 Å². The summed E-state index contributed by atoms with van der Waals surface area (Å²) in [7, 11) is 0. The van der Waals surface area contributed by atoms with E-state index in [1.54, 1.807) is 5.56 Å². The highest BCUT2D eigenvalue weighted by molar-refractivity contribution is 5.62. The maximum absolute atomic E-state index is 2.27. The second kappa shape index (κ2) is 42.4. The van der Waals surface area contributed by atoms with E-state index in [1.807, 2.05) is 106 Å². The summed E-state index contributed by atoms with van der Waals surface area (Å²) in [5, 5.41) is 0. The van der Waals surface area contributed by atoms with Gasteiger partial charge in [-0.1, -0.05) is 311 Å². The molecule has 0 heterocycles. The highest BCUT2D eigenvalue weighted by atomic mass is 14.2. The summed E-state index contributed by atoms with van der Waals surface area (Å²) in [6.07, 6.45) is 7.12. The zero-order valence-electron chi connectivity index (χ0n) is 41.5. The molecule has 0 spiro atoms. The Balaban J connectivity index is -0.000000648. The van der Waals surface area contributed by atoms with Crippen molar-refractivity contribution in [2.45, 2.75) is 160 Å². The number of benzene rings is 6. The summed E-state index contributed by atoms with van der Waals surface area (Å²) in [4.78, 5) is 0. The van der Waals surface area contributed by atoms with Crippen LogP contribution in [0.3, 0.4) is 0 Å². The van der Waals surface area contributed by atoms with Crippen molar-refractivity contribution in [3.63, 3.8) is 0 Å². The fraction of sp³-hybridized carbons (Fsp3) is 0.400. The Morgan fingerprint density at radius 2 is 0.683 bits per heavy atom. The second-order valence-electron chi connectivity index (χ2n) is 14.3. The SMILES string of the molecule is CC.CC.CC.CC.CC.CC(C)(C)c1ccccc1.CC(C)c1ccccc1.Cc1ccccc1.c1ccc(-c2ccccc2)cc1.c1ccc(C2CCCCC2)cc1. The summed E-state index contributed by atoms with van der Waals surface area (Å²) in [6, 6.07) is 63.1. The highest BCUT2D eigenvalue weighted by Gasteiger charge is 2.14. The van der Waals surface area contributed by atoms with Gasteiger partial charge in [-0.15, -0.1) is 0 Å². The Labute approximate surface area is 374 Å². The number of aryl methyl sites for hydroxylation is 1. The molecule has 6 aromatic carbocycles. The van der Waals surface area contributed by atoms with E-state index in [0.717, 1.165) is 5.92 Å². The van der Waals surface area contributed by atoms with Crippen LogP contribution in [0, 0.1) is 6.92 Å². The van der Waals surface area contributed by atoms with E-state index < -0.39 is 0 Å². The molecule has 0 heteroatoms. The van der Waals surface area contributed by atoms with Crippen molar-refractivity contribution in [3.8, 4) is 11.1 Å². The molecule has 0 atom stereocenters. The Morgan fingerprint density at radius 1 is 0.383 bits per heavy atom. The molecular formula is C60H90. The lowest BCUT2D eigenvalue weighted by molar-refractivity contribution is 0.443. The molecule has 330 valence electrons. The molecule has 0 aliphatic heterocycles. The molecule has 1 aliphatic rings. The van der Waals surface area contributed by atoms with Gasteiger partial charge in [0.2, 0.25) is 0 Å². The lowest BCUT2D eigenvalue weighted by Gasteiger charge is -2.21. The monoisotopic (exact) mass is 811 g/mol. The van der Waals surface area contributed by atoms with Crippen molar-refractivity contribution in [3.05, 3.63) is 204 Å². The van der Waals surface area contributed by atoms with Crippen LogP contribution in [0.4, 0.5) is 0 Å². The molecule has 6 aromatic rings. The second-order valence-corrected chi connectivity index (χ2v) is 14.3. The Morgan fingerprint density at radius 3 is 0.950 bits per heavy atom. The predicted molar refractivity (Wildman–Crippen MR) is 278 cm³/mol. The van der Waals surface area contributed by atoms with Crippen LogP contribution in [0.1, 0.15) is 170 Å². The zero-order valence-corrected chi connectivity index (χ0v) is 41.5. The molecule has 60 heavy (non-hydrogen) atoms. The molecule has 0 N–H and O–H groups in total. The van der Waals surface area contributed by atoms with Crippen molar-refractivity contribution >= 4 is 0 Å². The molecule has 7 rings (SSSR count). The molecule has 1 aliphatic carbocycles. The molecule has 0 unspecified atom stereocenters. The van der Waals surface area contributed by atoms with Gasteiger partial charge in [0.1, 0.15) is 0 Å². The van der Waals surface area contributed by atoms with Crippen molar-refractivity contribution < 1.29 is 0 Å². The third-order valence-corrected chi connectivity index (χ3v) is 8.80. The van der Waals surface area contributed by atoms with Gasteiger partial charge in [0.05, 0.1) is 0 Å². The summed E-state index contributed by atoms with van der Waals surface area (Å²) in [5.41, 5.74) is 8.53. The minimum Gasteiger partial charge on any atom is -0.0683 e. The van der Waals surface area contributed by atoms with Crippen LogP contribution in [-0.4, -0.2) is 0 Å². The van der Waals surface area contributed by atoms with Crippen molar-refractivity contribution in [1.29, 1.82) is 0 Å². The van der Waals surface area contributed by atoms with E-state index in [1.165, 1.54) is 59.9 Å². The summed E-state index contributed by atoms with van der Waals surface area (Å²) >= 11 is 0. The molecule has 0 bridgehead atoms. The first-order chi connectivity index (χ1) is 29.2. The molecule has 1 saturated carbocycles. The van der Waals surface area contributed by atoms with Crippen LogP contribution in [0.5, 0.6) is 0 Å². The van der Waals surface area contributed by atoms with Crippen LogP contribution in [0.15, 0.2) is 182 Å². The first kappa shape index (κ1) is 59.6. The average Bonchev–Trinajstić information content (AvgIpc) is 3.35. The van der Waals surface area contributed by atoms with Crippen LogP contribution < -0.4 is 0 Å². The summed E-state index contributed by atoms with van der Waals surface area (Å²) in [6.45, 7) is 33.2. The fourth-order valence-electron chi connectivity index (χ4n) is 5.73. The molecule has 0 aromatic heterocycles. The third kappa shape index (κ3) is 30.4.